The number of hydrogen-bond donors (Lipinski definition) is 0. The van der Waals surface area contributed by atoms with Crippen molar-refractivity contribution in [3.63, 3.8) is 0 Å². The van der Waals surface area contributed by atoms with Crippen LogP contribution >= 0.6 is 0 Å². The van der Waals surface area contributed by atoms with Crippen LogP contribution in [0.25, 0.3) is 0 Å². The summed E-state index contributed by atoms with van der Waals surface area (Å²) in [5.74, 6) is -4.60. The molecule has 1 aromatic rings. The highest BCUT2D eigenvalue weighted by Gasteiger charge is 2.34. The Morgan fingerprint density at radius 1 is 0.973 bits per heavy atom. The van der Waals surface area contributed by atoms with Crippen LogP contribution in [0.4, 0.5) is 0 Å². The van der Waals surface area contributed by atoms with Crippen LogP contribution in [0.1, 0.15) is 62.3 Å². The number of rotatable bonds is 11. The SMILES string of the molecule is CCOC(=O)C(OC(C)=O)=C([N][C@H](C(=O)C(=O)c1ccc(C(=O)N2CCOCC2)cc1)C(C)C)C(C)C. The Labute approximate surface area is 217 Å². The van der Waals surface area contributed by atoms with Gasteiger partial charge in [-0.2, -0.15) is 0 Å². The summed E-state index contributed by atoms with van der Waals surface area (Å²) >= 11 is 0. The number of ether oxygens (including phenoxy) is 3. The minimum absolute atomic E-state index is 0.0457. The lowest BCUT2D eigenvalue weighted by Gasteiger charge is -2.27. The molecule has 10 nitrogen and oxygen atoms in total. The van der Waals surface area contributed by atoms with Gasteiger partial charge in [0.25, 0.3) is 5.91 Å². The van der Waals surface area contributed by atoms with Crippen LogP contribution in [0.3, 0.4) is 0 Å². The van der Waals surface area contributed by atoms with Crippen molar-refractivity contribution in [2.24, 2.45) is 11.8 Å². The minimum Gasteiger partial charge on any atom is -0.460 e. The Balaban J connectivity index is 2.30. The molecule has 10 heteroatoms. The molecule has 1 aliphatic heterocycles. The standard InChI is InChI=1S/C27H35N2O8/c1-7-36-27(34)25(37-18(6)30)22(17(4)5)28-21(16(2)3)24(32)23(31)19-8-10-20(11-9-19)26(33)29-12-14-35-15-13-29/h8-11,16-17,21H,7,12-15H2,1-6H3/t21-/m0/s1. The van der Waals surface area contributed by atoms with Gasteiger partial charge >= 0.3 is 11.9 Å². The van der Waals surface area contributed by atoms with E-state index in [2.05, 4.69) is 5.32 Å². The molecule has 37 heavy (non-hydrogen) atoms. The lowest BCUT2D eigenvalue weighted by Crippen LogP contribution is -2.42. The summed E-state index contributed by atoms with van der Waals surface area (Å²) in [6.07, 6.45) is 0. The van der Waals surface area contributed by atoms with Crippen LogP contribution in [0.5, 0.6) is 0 Å². The molecule has 1 saturated heterocycles. The van der Waals surface area contributed by atoms with Crippen molar-refractivity contribution in [2.45, 2.75) is 47.6 Å². The maximum Gasteiger partial charge on any atom is 0.376 e. The van der Waals surface area contributed by atoms with Gasteiger partial charge in [-0.15, -0.1) is 0 Å². The van der Waals surface area contributed by atoms with Gasteiger partial charge in [-0.3, -0.25) is 24.5 Å². The molecule has 0 N–H and O–H groups in total. The van der Waals surface area contributed by atoms with Crippen molar-refractivity contribution in [3.05, 3.63) is 46.8 Å². The molecule has 0 bridgehead atoms. The summed E-state index contributed by atoms with van der Waals surface area (Å²) in [4.78, 5) is 64.8. The molecule has 1 aliphatic rings. The third-order valence-corrected chi connectivity index (χ3v) is 5.58. The van der Waals surface area contributed by atoms with Crippen LogP contribution in [0.15, 0.2) is 35.7 Å². The number of ketones is 2. The van der Waals surface area contributed by atoms with Crippen LogP contribution in [-0.2, 0) is 28.6 Å². The lowest BCUT2D eigenvalue weighted by atomic mass is 9.92. The van der Waals surface area contributed by atoms with Crippen LogP contribution < -0.4 is 5.32 Å². The molecule has 0 spiro atoms. The van der Waals surface area contributed by atoms with Crippen molar-refractivity contribution < 1.29 is 38.2 Å². The molecule has 0 aromatic heterocycles. The zero-order valence-electron chi connectivity index (χ0n) is 22.2. The van der Waals surface area contributed by atoms with E-state index in [0.29, 0.717) is 31.9 Å². The fraction of sp³-hybridized carbons (Fsp3) is 0.519. The lowest BCUT2D eigenvalue weighted by molar-refractivity contribution is -0.150. The number of carbonyl (C=O) groups excluding carboxylic acids is 5. The molecule has 1 radical (unpaired) electrons. The van der Waals surface area contributed by atoms with E-state index in [1.165, 1.54) is 24.3 Å². The predicted octanol–water partition coefficient (Wildman–Crippen LogP) is 2.53. The molecule has 0 aliphatic carbocycles. The summed E-state index contributed by atoms with van der Waals surface area (Å²) in [7, 11) is 0. The van der Waals surface area contributed by atoms with Gasteiger partial charge < -0.3 is 19.1 Å². The van der Waals surface area contributed by atoms with Crippen molar-refractivity contribution >= 4 is 29.4 Å². The molecule has 1 aromatic carbocycles. The predicted molar refractivity (Wildman–Crippen MR) is 134 cm³/mol. The number of allylic oxidation sites excluding steroid dienone is 1. The van der Waals surface area contributed by atoms with E-state index in [1.807, 2.05) is 0 Å². The topological polar surface area (TPSA) is 130 Å². The van der Waals surface area contributed by atoms with E-state index in [9.17, 15) is 24.0 Å². The second kappa shape index (κ2) is 13.7. The first kappa shape index (κ1) is 29.7. The molecular weight excluding hydrogens is 480 g/mol. The van der Waals surface area contributed by atoms with E-state index in [1.54, 1.807) is 39.5 Å². The maximum absolute atomic E-state index is 13.3. The van der Waals surface area contributed by atoms with Crippen molar-refractivity contribution in [2.75, 3.05) is 32.9 Å². The van der Waals surface area contributed by atoms with Crippen molar-refractivity contribution in [1.29, 1.82) is 0 Å². The molecular formula is C27H35N2O8. The zero-order valence-corrected chi connectivity index (χ0v) is 22.2. The number of amides is 1. The number of hydrogen-bond acceptors (Lipinski definition) is 8. The molecule has 1 amide bonds. The Morgan fingerprint density at radius 3 is 2.03 bits per heavy atom. The van der Waals surface area contributed by atoms with E-state index in [0.717, 1.165) is 6.92 Å². The zero-order chi connectivity index (χ0) is 27.7. The molecule has 201 valence electrons. The first-order valence-electron chi connectivity index (χ1n) is 12.3. The van der Waals surface area contributed by atoms with E-state index in [4.69, 9.17) is 14.2 Å². The Morgan fingerprint density at radius 2 is 1.54 bits per heavy atom. The van der Waals surface area contributed by atoms with Crippen LogP contribution in [0, 0.1) is 11.8 Å². The van der Waals surface area contributed by atoms with Gasteiger partial charge in [0.05, 0.1) is 25.5 Å². The normalized spacial score (nSPS) is 15.1. The molecule has 1 atom stereocenters. The highest BCUT2D eigenvalue weighted by Crippen LogP contribution is 2.21. The van der Waals surface area contributed by atoms with Gasteiger partial charge in [-0.25, -0.2) is 4.79 Å². The van der Waals surface area contributed by atoms with Gasteiger partial charge in [0.2, 0.25) is 17.3 Å². The molecule has 0 unspecified atom stereocenters. The third kappa shape index (κ3) is 7.98. The largest absolute Gasteiger partial charge is 0.460 e. The summed E-state index contributed by atoms with van der Waals surface area (Å²) in [6.45, 7) is 11.6. The highest BCUT2D eigenvalue weighted by atomic mass is 16.6. The van der Waals surface area contributed by atoms with Gasteiger partial charge in [0.1, 0.15) is 6.04 Å². The first-order chi connectivity index (χ1) is 17.5. The second-order valence-corrected chi connectivity index (χ2v) is 9.18. The Bertz CT molecular complexity index is 1040. The highest BCUT2D eigenvalue weighted by molar-refractivity contribution is 6.45. The number of esters is 2. The van der Waals surface area contributed by atoms with E-state index >= 15 is 0 Å². The second-order valence-electron chi connectivity index (χ2n) is 9.18. The molecule has 1 fully saturated rings. The minimum atomic E-state index is -1.14. The number of morpholine rings is 1. The fourth-order valence-electron chi connectivity index (χ4n) is 3.66. The molecule has 0 saturated carbocycles. The summed E-state index contributed by atoms with van der Waals surface area (Å²) in [5, 5.41) is 4.44. The quantitative estimate of drug-likeness (QED) is 0.144. The average Bonchev–Trinajstić information content (AvgIpc) is 2.87. The van der Waals surface area contributed by atoms with Crippen molar-refractivity contribution in [3.8, 4) is 0 Å². The number of carbonyl (C=O) groups is 5. The van der Waals surface area contributed by atoms with Gasteiger partial charge in [0, 0.05) is 31.1 Å². The van der Waals surface area contributed by atoms with Crippen molar-refractivity contribution in [1.82, 2.24) is 10.2 Å². The van der Waals surface area contributed by atoms with E-state index < -0.39 is 47.1 Å². The first-order valence-corrected chi connectivity index (χ1v) is 12.3. The monoisotopic (exact) mass is 515 g/mol. The summed E-state index contributed by atoms with van der Waals surface area (Å²) < 4.78 is 15.4. The summed E-state index contributed by atoms with van der Waals surface area (Å²) in [5.41, 5.74) is 0.575. The molecule has 1 heterocycles. The smallest absolute Gasteiger partial charge is 0.376 e. The van der Waals surface area contributed by atoms with Gasteiger partial charge in [-0.05, 0) is 30.9 Å². The Kier molecular flexibility index (Phi) is 11.0. The van der Waals surface area contributed by atoms with Gasteiger partial charge in [0.15, 0.2) is 0 Å². The number of benzene rings is 1. The number of Topliss-reactive ketones (excluding diaryl/α,β-unsaturated/α-hetero) is 2. The van der Waals surface area contributed by atoms with E-state index in [-0.39, 0.29) is 23.8 Å². The summed E-state index contributed by atoms with van der Waals surface area (Å²) in [6, 6.07) is 4.76. The van der Waals surface area contributed by atoms with Crippen LogP contribution in [-0.4, -0.2) is 73.3 Å². The number of nitrogens with zero attached hydrogens (tertiary/aromatic N) is 2. The fourth-order valence-corrected chi connectivity index (χ4v) is 3.66. The average molecular weight is 516 g/mol. The van der Waals surface area contributed by atoms with Gasteiger partial charge in [-0.1, -0.05) is 39.8 Å². The maximum atomic E-state index is 13.3. The Hall–Kier alpha value is -3.53. The van der Waals surface area contributed by atoms with Crippen LogP contribution in [0.2, 0.25) is 0 Å². The molecule has 2 rings (SSSR count). The third-order valence-electron chi connectivity index (χ3n) is 5.58.